The molecule has 0 saturated heterocycles. The lowest BCUT2D eigenvalue weighted by Crippen LogP contribution is -2.45. The molecule has 4 N–H and O–H groups in total. The first-order valence-corrected chi connectivity index (χ1v) is 19.0. The van der Waals surface area contributed by atoms with Crippen molar-refractivity contribution in [3.8, 4) is 0 Å². The SMILES string of the molecule is CCCCCCCCCCCC/C=C/C(O)C(CO)NC(=O)CC(O)CCCCCCCCCCCCCCCCCC. The normalized spacial score (nSPS) is 13.9. The summed E-state index contributed by atoms with van der Waals surface area (Å²) < 4.78 is 0. The number of rotatable bonds is 34. The van der Waals surface area contributed by atoms with Crippen molar-refractivity contribution in [1.82, 2.24) is 5.32 Å². The van der Waals surface area contributed by atoms with E-state index in [4.69, 9.17) is 0 Å². The molecule has 0 fully saturated rings. The standard InChI is InChI=1S/C38H75NO4/c1-3-5-7-9-11-13-15-17-18-19-20-21-23-25-27-29-31-35(41)33-38(43)39-36(34-40)37(42)32-30-28-26-24-22-16-14-12-10-8-6-4-2/h30,32,35-37,40-42H,3-29,31,33-34H2,1-2H3,(H,39,43)/b32-30+. The van der Waals surface area contributed by atoms with Gasteiger partial charge in [-0.25, -0.2) is 0 Å². The molecule has 5 nitrogen and oxygen atoms in total. The summed E-state index contributed by atoms with van der Waals surface area (Å²) in [5.74, 6) is -0.315. The zero-order valence-electron chi connectivity index (χ0n) is 28.8. The van der Waals surface area contributed by atoms with E-state index >= 15 is 0 Å². The van der Waals surface area contributed by atoms with E-state index in [0.29, 0.717) is 6.42 Å². The molecule has 0 aliphatic rings. The van der Waals surface area contributed by atoms with E-state index in [1.165, 1.54) is 148 Å². The van der Waals surface area contributed by atoms with Crippen LogP contribution in [0.4, 0.5) is 0 Å². The predicted molar refractivity (Wildman–Crippen MR) is 185 cm³/mol. The van der Waals surface area contributed by atoms with Crippen LogP contribution in [-0.2, 0) is 4.79 Å². The zero-order chi connectivity index (χ0) is 31.6. The number of hydrogen-bond donors (Lipinski definition) is 4. The van der Waals surface area contributed by atoms with E-state index in [1.54, 1.807) is 6.08 Å². The van der Waals surface area contributed by atoms with Gasteiger partial charge in [0.05, 0.1) is 31.3 Å². The maximum Gasteiger partial charge on any atom is 0.222 e. The Bertz CT molecular complexity index is 596. The Kier molecular flexibility index (Phi) is 33.3. The van der Waals surface area contributed by atoms with Crippen molar-refractivity contribution >= 4 is 5.91 Å². The van der Waals surface area contributed by atoms with Gasteiger partial charge in [-0.3, -0.25) is 4.79 Å². The molecule has 0 aliphatic carbocycles. The van der Waals surface area contributed by atoms with Crippen LogP contribution in [-0.4, -0.2) is 46.1 Å². The predicted octanol–water partition coefficient (Wildman–Crippen LogP) is 10.1. The van der Waals surface area contributed by atoms with Crippen molar-refractivity contribution in [3.63, 3.8) is 0 Å². The fraction of sp³-hybridized carbons (Fsp3) is 0.921. The van der Waals surface area contributed by atoms with E-state index in [-0.39, 0.29) is 18.9 Å². The van der Waals surface area contributed by atoms with Gasteiger partial charge in [-0.15, -0.1) is 0 Å². The minimum absolute atomic E-state index is 0.0181. The number of nitrogens with one attached hydrogen (secondary N) is 1. The van der Waals surface area contributed by atoms with Crippen molar-refractivity contribution in [1.29, 1.82) is 0 Å². The number of aliphatic hydroxyl groups is 3. The second-order valence-electron chi connectivity index (χ2n) is 13.2. The van der Waals surface area contributed by atoms with Gasteiger partial charge in [-0.05, 0) is 19.3 Å². The molecule has 5 heteroatoms. The Morgan fingerprint density at radius 3 is 1.35 bits per heavy atom. The van der Waals surface area contributed by atoms with Crippen molar-refractivity contribution in [2.45, 2.75) is 218 Å². The summed E-state index contributed by atoms with van der Waals surface area (Å²) in [6.45, 7) is 4.20. The van der Waals surface area contributed by atoms with Crippen LogP contribution in [0.5, 0.6) is 0 Å². The van der Waals surface area contributed by atoms with Crippen LogP contribution in [0.3, 0.4) is 0 Å². The molecule has 256 valence electrons. The third-order valence-corrected chi connectivity index (χ3v) is 8.82. The van der Waals surface area contributed by atoms with E-state index in [2.05, 4.69) is 19.2 Å². The lowest BCUT2D eigenvalue weighted by atomic mass is 10.0. The fourth-order valence-corrected chi connectivity index (χ4v) is 5.87. The van der Waals surface area contributed by atoms with Crippen molar-refractivity contribution < 1.29 is 20.1 Å². The van der Waals surface area contributed by atoms with Crippen LogP contribution in [0, 0.1) is 0 Å². The minimum atomic E-state index is -0.922. The Morgan fingerprint density at radius 2 is 0.953 bits per heavy atom. The van der Waals surface area contributed by atoms with Crippen molar-refractivity contribution in [3.05, 3.63) is 12.2 Å². The molecule has 0 radical (unpaired) electrons. The second-order valence-corrected chi connectivity index (χ2v) is 13.2. The van der Waals surface area contributed by atoms with Gasteiger partial charge in [0.2, 0.25) is 5.91 Å². The molecule has 0 heterocycles. The van der Waals surface area contributed by atoms with Gasteiger partial charge in [-0.2, -0.15) is 0 Å². The molecule has 0 rings (SSSR count). The number of carbonyl (C=O) groups is 1. The average molecular weight is 610 g/mol. The van der Waals surface area contributed by atoms with Crippen molar-refractivity contribution in [2.24, 2.45) is 0 Å². The van der Waals surface area contributed by atoms with Crippen LogP contribution >= 0.6 is 0 Å². The Morgan fingerprint density at radius 1 is 0.581 bits per heavy atom. The number of unbranched alkanes of at least 4 members (excludes halogenated alkanes) is 25. The summed E-state index contributed by atoms with van der Waals surface area (Å²) in [6.07, 6.45) is 37.6. The van der Waals surface area contributed by atoms with Gasteiger partial charge < -0.3 is 20.6 Å². The molecular formula is C38H75NO4. The summed E-state index contributed by atoms with van der Waals surface area (Å²) in [7, 11) is 0. The number of carbonyl (C=O) groups excluding carboxylic acids is 1. The number of allylic oxidation sites excluding steroid dienone is 1. The van der Waals surface area contributed by atoms with Crippen LogP contribution < -0.4 is 5.32 Å². The third kappa shape index (κ3) is 30.9. The van der Waals surface area contributed by atoms with Gasteiger partial charge in [0.1, 0.15) is 0 Å². The van der Waals surface area contributed by atoms with Gasteiger partial charge in [-0.1, -0.05) is 187 Å². The van der Waals surface area contributed by atoms with E-state index in [0.717, 1.165) is 25.7 Å². The first kappa shape index (κ1) is 42.1. The summed E-state index contributed by atoms with van der Waals surface area (Å²) in [5, 5.41) is 33.0. The number of hydrogen-bond acceptors (Lipinski definition) is 4. The molecule has 0 aliphatic heterocycles. The first-order chi connectivity index (χ1) is 21.0. The molecule has 0 aromatic carbocycles. The second kappa shape index (κ2) is 34.0. The molecule has 43 heavy (non-hydrogen) atoms. The highest BCUT2D eigenvalue weighted by molar-refractivity contribution is 5.76. The van der Waals surface area contributed by atoms with E-state index in [1.807, 2.05) is 6.08 Å². The molecule has 0 saturated carbocycles. The highest BCUT2D eigenvalue weighted by Crippen LogP contribution is 2.15. The molecular weight excluding hydrogens is 534 g/mol. The number of amides is 1. The maximum atomic E-state index is 12.4. The van der Waals surface area contributed by atoms with Crippen LogP contribution in [0.2, 0.25) is 0 Å². The molecule has 3 atom stereocenters. The minimum Gasteiger partial charge on any atom is -0.394 e. The molecule has 0 spiro atoms. The Balaban J connectivity index is 3.69. The summed E-state index contributed by atoms with van der Waals surface area (Å²) in [4.78, 5) is 12.4. The van der Waals surface area contributed by atoms with Crippen LogP contribution in [0.15, 0.2) is 12.2 Å². The summed E-state index contributed by atoms with van der Waals surface area (Å²) in [6, 6.07) is -0.737. The number of aliphatic hydroxyl groups excluding tert-OH is 3. The zero-order valence-corrected chi connectivity index (χ0v) is 28.8. The lowest BCUT2D eigenvalue weighted by molar-refractivity contribution is -0.124. The first-order valence-electron chi connectivity index (χ1n) is 19.0. The van der Waals surface area contributed by atoms with Gasteiger partial charge in [0, 0.05) is 0 Å². The van der Waals surface area contributed by atoms with Crippen molar-refractivity contribution in [2.75, 3.05) is 6.61 Å². The topological polar surface area (TPSA) is 89.8 Å². The molecule has 0 bridgehead atoms. The van der Waals surface area contributed by atoms with Gasteiger partial charge >= 0.3 is 0 Å². The smallest absolute Gasteiger partial charge is 0.222 e. The monoisotopic (exact) mass is 610 g/mol. The van der Waals surface area contributed by atoms with Crippen LogP contribution in [0.1, 0.15) is 200 Å². The Hall–Kier alpha value is -0.910. The fourth-order valence-electron chi connectivity index (χ4n) is 5.87. The molecule has 0 aromatic rings. The summed E-state index contributed by atoms with van der Waals surface area (Å²) >= 11 is 0. The molecule has 3 unspecified atom stereocenters. The lowest BCUT2D eigenvalue weighted by Gasteiger charge is -2.21. The maximum absolute atomic E-state index is 12.4. The molecule has 0 aromatic heterocycles. The summed E-state index contributed by atoms with van der Waals surface area (Å²) in [5.41, 5.74) is 0. The molecule has 1 amide bonds. The van der Waals surface area contributed by atoms with Crippen LogP contribution in [0.25, 0.3) is 0 Å². The third-order valence-electron chi connectivity index (χ3n) is 8.82. The van der Waals surface area contributed by atoms with E-state index < -0.39 is 18.2 Å². The van der Waals surface area contributed by atoms with Gasteiger partial charge in [0.25, 0.3) is 0 Å². The average Bonchev–Trinajstić information content (AvgIpc) is 3.00. The van der Waals surface area contributed by atoms with Gasteiger partial charge in [0.15, 0.2) is 0 Å². The highest BCUT2D eigenvalue weighted by Gasteiger charge is 2.20. The largest absolute Gasteiger partial charge is 0.394 e. The quantitative estimate of drug-likeness (QED) is 0.0432. The Labute approximate surface area is 268 Å². The van der Waals surface area contributed by atoms with E-state index in [9.17, 15) is 20.1 Å². The highest BCUT2D eigenvalue weighted by atomic mass is 16.3.